The van der Waals surface area contributed by atoms with Crippen LogP contribution in [-0.2, 0) is 17.7 Å². The fourth-order valence-electron chi connectivity index (χ4n) is 1.82. The summed E-state index contributed by atoms with van der Waals surface area (Å²) < 4.78 is 5.15. The molecular formula is C11H17N3O3. The van der Waals surface area contributed by atoms with Crippen molar-refractivity contribution in [3.8, 4) is 0 Å². The van der Waals surface area contributed by atoms with Gasteiger partial charge in [0, 0.05) is 12.1 Å². The number of rotatable bonds is 2. The molecule has 1 aliphatic rings. The minimum Gasteiger partial charge on any atom is -0.449 e. The second-order valence-electron chi connectivity index (χ2n) is 4.68. The van der Waals surface area contributed by atoms with E-state index in [1.807, 2.05) is 13.8 Å². The van der Waals surface area contributed by atoms with Crippen LogP contribution in [0.4, 0.5) is 4.79 Å². The van der Waals surface area contributed by atoms with E-state index < -0.39 is 0 Å². The molecular weight excluding hydrogens is 222 g/mol. The lowest BCUT2D eigenvalue weighted by Gasteiger charge is -2.25. The maximum atomic E-state index is 11.7. The second-order valence-corrected chi connectivity index (χ2v) is 4.68. The Morgan fingerprint density at radius 1 is 1.47 bits per heavy atom. The summed E-state index contributed by atoms with van der Waals surface area (Å²) in [5.74, 6) is 0.325. The van der Waals surface area contributed by atoms with Crippen LogP contribution in [0.15, 0.2) is 4.79 Å². The SMILES string of the molecule is CC(C)COC(=O)N1CCc2c([nH][nH]c2=O)C1. The number of carbonyl (C=O) groups excluding carboxylic acids is 1. The van der Waals surface area contributed by atoms with Crippen molar-refractivity contribution in [2.75, 3.05) is 13.2 Å². The van der Waals surface area contributed by atoms with E-state index in [1.54, 1.807) is 4.90 Å². The maximum Gasteiger partial charge on any atom is 0.410 e. The van der Waals surface area contributed by atoms with Crippen molar-refractivity contribution in [2.24, 2.45) is 5.92 Å². The number of aromatic nitrogens is 2. The molecule has 0 bridgehead atoms. The zero-order valence-electron chi connectivity index (χ0n) is 10.1. The van der Waals surface area contributed by atoms with Gasteiger partial charge >= 0.3 is 6.09 Å². The van der Waals surface area contributed by atoms with E-state index >= 15 is 0 Å². The van der Waals surface area contributed by atoms with Gasteiger partial charge in [-0.1, -0.05) is 13.8 Å². The summed E-state index contributed by atoms with van der Waals surface area (Å²) in [5, 5.41) is 5.32. The van der Waals surface area contributed by atoms with Crippen molar-refractivity contribution in [3.05, 3.63) is 21.6 Å². The zero-order valence-corrected chi connectivity index (χ0v) is 10.1. The predicted molar refractivity (Wildman–Crippen MR) is 61.7 cm³/mol. The first-order valence-corrected chi connectivity index (χ1v) is 5.78. The fraction of sp³-hybridized carbons (Fsp3) is 0.636. The molecule has 0 saturated carbocycles. The van der Waals surface area contributed by atoms with E-state index in [2.05, 4.69) is 10.2 Å². The van der Waals surface area contributed by atoms with Crippen molar-refractivity contribution in [2.45, 2.75) is 26.8 Å². The van der Waals surface area contributed by atoms with Crippen LogP contribution in [0, 0.1) is 5.92 Å². The highest BCUT2D eigenvalue weighted by atomic mass is 16.6. The summed E-state index contributed by atoms with van der Waals surface area (Å²) >= 11 is 0. The molecule has 1 aromatic rings. The average molecular weight is 239 g/mol. The van der Waals surface area contributed by atoms with Crippen molar-refractivity contribution >= 4 is 6.09 Å². The number of amides is 1. The molecule has 2 rings (SSSR count). The Morgan fingerprint density at radius 3 is 2.94 bits per heavy atom. The van der Waals surface area contributed by atoms with Crippen LogP contribution in [0.25, 0.3) is 0 Å². The van der Waals surface area contributed by atoms with E-state index in [4.69, 9.17) is 4.74 Å². The van der Waals surface area contributed by atoms with Crippen molar-refractivity contribution in [1.82, 2.24) is 15.1 Å². The quantitative estimate of drug-likeness (QED) is 0.803. The van der Waals surface area contributed by atoms with Crippen molar-refractivity contribution < 1.29 is 9.53 Å². The molecule has 0 spiro atoms. The van der Waals surface area contributed by atoms with Crippen LogP contribution >= 0.6 is 0 Å². The molecule has 0 saturated heterocycles. The molecule has 6 nitrogen and oxygen atoms in total. The molecule has 0 aromatic carbocycles. The molecule has 0 radical (unpaired) electrons. The Bertz CT molecular complexity index is 461. The molecule has 94 valence electrons. The average Bonchev–Trinajstić information content (AvgIpc) is 2.67. The Morgan fingerprint density at radius 2 is 2.24 bits per heavy atom. The van der Waals surface area contributed by atoms with E-state index in [-0.39, 0.29) is 11.7 Å². The number of nitrogens with zero attached hydrogens (tertiary/aromatic N) is 1. The highest BCUT2D eigenvalue weighted by molar-refractivity contribution is 5.68. The molecule has 0 atom stereocenters. The third-order valence-electron chi connectivity index (χ3n) is 2.74. The van der Waals surface area contributed by atoms with Crippen molar-refractivity contribution in [3.63, 3.8) is 0 Å². The molecule has 6 heteroatoms. The van der Waals surface area contributed by atoms with Crippen LogP contribution in [0.2, 0.25) is 0 Å². The highest BCUT2D eigenvalue weighted by Gasteiger charge is 2.24. The summed E-state index contributed by atoms with van der Waals surface area (Å²) in [6.07, 6.45) is 0.261. The summed E-state index contributed by atoms with van der Waals surface area (Å²) in [6, 6.07) is 0. The van der Waals surface area contributed by atoms with Gasteiger partial charge in [0.1, 0.15) is 0 Å². The fourth-order valence-corrected chi connectivity index (χ4v) is 1.82. The van der Waals surface area contributed by atoms with Gasteiger partial charge < -0.3 is 14.7 Å². The van der Waals surface area contributed by atoms with E-state index in [9.17, 15) is 9.59 Å². The third kappa shape index (κ3) is 2.51. The maximum absolute atomic E-state index is 11.7. The predicted octanol–water partition coefficient (Wildman–Crippen LogP) is 0.854. The summed E-state index contributed by atoms with van der Waals surface area (Å²) in [7, 11) is 0. The van der Waals surface area contributed by atoms with Gasteiger partial charge in [0.2, 0.25) is 0 Å². The Labute approximate surface area is 98.9 Å². The number of aromatic amines is 2. The lowest BCUT2D eigenvalue weighted by molar-refractivity contribution is 0.0874. The first-order chi connectivity index (χ1) is 8.08. The first kappa shape index (κ1) is 11.8. The molecule has 0 fully saturated rings. The first-order valence-electron chi connectivity index (χ1n) is 5.78. The number of hydrogen-bond donors (Lipinski definition) is 2. The molecule has 2 N–H and O–H groups in total. The van der Waals surface area contributed by atoms with E-state index in [0.29, 0.717) is 32.0 Å². The summed E-state index contributed by atoms with van der Waals surface area (Å²) in [4.78, 5) is 24.7. The van der Waals surface area contributed by atoms with Crippen molar-refractivity contribution in [1.29, 1.82) is 0 Å². The number of fused-ring (bicyclic) bond motifs is 1. The Kier molecular flexibility index (Phi) is 3.21. The number of ether oxygens (including phenoxy) is 1. The molecule has 0 unspecified atom stereocenters. The molecule has 1 aromatic heterocycles. The van der Waals surface area contributed by atoms with Crippen LogP contribution in [-0.4, -0.2) is 34.3 Å². The van der Waals surface area contributed by atoms with E-state index in [1.165, 1.54) is 0 Å². The standard InChI is InChI=1S/C11H17N3O3/c1-7(2)6-17-11(16)14-4-3-8-9(5-14)12-13-10(8)15/h7H,3-6H2,1-2H3,(H2,12,13,15). The minimum absolute atomic E-state index is 0.0878. The largest absolute Gasteiger partial charge is 0.449 e. The summed E-state index contributed by atoms with van der Waals surface area (Å²) in [6.45, 7) is 5.35. The molecule has 1 amide bonds. The number of carbonyl (C=O) groups is 1. The van der Waals surface area contributed by atoms with Gasteiger partial charge in [-0.3, -0.25) is 9.89 Å². The van der Waals surface area contributed by atoms with Crippen LogP contribution in [0.5, 0.6) is 0 Å². The Hall–Kier alpha value is -1.72. The van der Waals surface area contributed by atoms with Gasteiger partial charge in [-0.15, -0.1) is 0 Å². The second kappa shape index (κ2) is 4.65. The molecule has 17 heavy (non-hydrogen) atoms. The van der Waals surface area contributed by atoms with Crippen LogP contribution in [0.3, 0.4) is 0 Å². The number of hydrogen-bond acceptors (Lipinski definition) is 3. The van der Waals surface area contributed by atoms with Gasteiger partial charge in [0.15, 0.2) is 0 Å². The number of H-pyrrole nitrogens is 2. The zero-order chi connectivity index (χ0) is 12.4. The van der Waals surface area contributed by atoms with Gasteiger partial charge in [-0.05, 0) is 12.3 Å². The van der Waals surface area contributed by atoms with Gasteiger partial charge in [0.05, 0.1) is 18.8 Å². The molecule has 2 heterocycles. The van der Waals surface area contributed by atoms with E-state index in [0.717, 1.165) is 11.3 Å². The lowest BCUT2D eigenvalue weighted by atomic mass is 10.1. The van der Waals surface area contributed by atoms with Crippen LogP contribution in [0.1, 0.15) is 25.1 Å². The number of nitrogens with one attached hydrogen (secondary N) is 2. The topological polar surface area (TPSA) is 78.2 Å². The smallest absolute Gasteiger partial charge is 0.410 e. The minimum atomic E-state index is -0.314. The van der Waals surface area contributed by atoms with Crippen LogP contribution < -0.4 is 5.56 Å². The lowest BCUT2D eigenvalue weighted by Crippen LogP contribution is -2.37. The van der Waals surface area contributed by atoms with Gasteiger partial charge in [0.25, 0.3) is 5.56 Å². The highest BCUT2D eigenvalue weighted by Crippen LogP contribution is 2.14. The van der Waals surface area contributed by atoms with Gasteiger partial charge in [-0.25, -0.2) is 4.79 Å². The normalized spacial score (nSPS) is 14.9. The Balaban J connectivity index is 1.98. The summed E-state index contributed by atoms with van der Waals surface area (Å²) in [5.41, 5.74) is 1.44. The molecule has 1 aliphatic heterocycles. The van der Waals surface area contributed by atoms with Gasteiger partial charge in [-0.2, -0.15) is 0 Å². The molecule has 0 aliphatic carbocycles. The third-order valence-corrected chi connectivity index (χ3v) is 2.74. The monoisotopic (exact) mass is 239 g/mol.